The molecule has 0 saturated carbocycles. The van der Waals surface area contributed by atoms with Gasteiger partial charge in [0, 0.05) is 29.9 Å². The van der Waals surface area contributed by atoms with Gasteiger partial charge in [-0.25, -0.2) is 0 Å². The van der Waals surface area contributed by atoms with Crippen LogP contribution in [0, 0.1) is 17.8 Å². The first-order valence-electron chi connectivity index (χ1n) is 22.4. The van der Waals surface area contributed by atoms with Crippen LogP contribution in [0.5, 0.6) is 0 Å². The highest BCUT2D eigenvalue weighted by atomic mass is 33.1. The van der Waals surface area contributed by atoms with Crippen molar-refractivity contribution in [2.75, 3.05) is 18.8 Å². The number of hydrogen-bond acceptors (Lipinski definition) is 13. The largest absolute Gasteiger partial charge is 0.370 e. The van der Waals surface area contributed by atoms with Crippen LogP contribution in [0.15, 0.2) is 0 Å². The molecule has 24 heteroatoms. The van der Waals surface area contributed by atoms with Gasteiger partial charge >= 0.3 is 0 Å². The summed E-state index contributed by atoms with van der Waals surface area (Å²) >= 11 is 0. The first-order chi connectivity index (χ1) is 30.8. The van der Waals surface area contributed by atoms with E-state index < -0.39 is 137 Å². The molecule has 2 heterocycles. The summed E-state index contributed by atoms with van der Waals surface area (Å²) in [6, 6.07) is -9.10. The Morgan fingerprint density at radius 2 is 1.33 bits per heavy atom. The Morgan fingerprint density at radius 3 is 1.89 bits per heavy atom. The number of rotatable bonds is 17. The number of carbonyl (C=O) groups is 11. The maximum atomic E-state index is 14.6. The predicted molar refractivity (Wildman–Crippen MR) is 248 cm³/mol. The maximum Gasteiger partial charge on any atom is 0.246 e. The Balaban J connectivity index is 2.66. The molecule has 0 aromatic heterocycles. The zero-order valence-corrected chi connectivity index (χ0v) is 40.9. The third-order valence-electron chi connectivity index (χ3n) is 11.7. The van der Waals surface area contributed by atoms with Gasteiger partial charge in [-0.05, 0) is 50.9 Å². The Kier molecular flexibility index (Phi) is 23.2. The molecule has 7 unspecified atom stereocenters. The summed E-state index contributed by atoms with van der Waals surface area (Å²) in [5, 5.41) is 18.3. The van der Waals surface area contributed by atoms with Crippen LogP contribution >= 0.6 is 21.6 Å². The molecular formula is C42H71N11O11S2. The van der Waals surface area contributed by atoms with Crippen LogP contribution in [0.3, 0.4) is 0 Å². The summed E-state index contributed by atoms with van der Waals surface area (Å²) in [5.41, 5.74) is 16.1. The second kappa shape index (κ2) is 26.9. The highest BCUT2D eigenvalue weighted by molar-refractivity contribution is 8.77. The van der Waals surface area contributed by atoms with E-state index in [0.717, 1.165) is 10.8 Å². The zero-order chi connectivity index (χ0) is 50.1. The Hall–Kier alpha value is -5.13. The van der Waals surface area contributed by atoms with E-state index in [2.05, 4.69) is 37.2 Å². The third kappa shape index (κ3) is 17.9. The summed E-state index contributed by atoms with van der Waals surface area (Å²) in [6.45, 7) is 13.8. The topological polar surface area (TPSA) is 353 Å². The van der Waals surface area contributed by atoms with Crippen LogP contribution in [0.4, 0.5) is 0 Å². The number of nitrogens with two attached hydrogens (primary N) is 3. The monoisotopic (exact) mass is 969 g/mol. The van der Waals surface area contributed by atoms with Gasteiger partial charge in [0.25, 0.3) is 0 Å². The molecule has 2 fully saturated rings. The lowest BCUT2D eigenvalue weighted by Crippen LogP contribution is -2.61. The smallest absolute Gasteiger partial charge is 0.246 e. The van der Waals surface area contributed by atoms with Crippen LogP contribution in [0.2, 0.25) is 0 Å². The van der Waals surface area contributed by atoms with Crippen molar-refractivity contribution in [2.45, 2.75) is 160 Å². The van der Waals surface area contributed by atoms with E-state index in [-0.39, 0.29) is 43.4 Å². The summed E-state index contributed by atoms with van der Waals surface area (Å²) in [4.78, 5) is 148. The molecule has 2 rings (SSSR count). The third-order valence-corrected chi connectivity index (χ3v) is 15.0. The molecule has 0 aliphatic carbocycles. The van der Waals surface area contributed by atoms with Gasteiger partial charge in [0.1, 0.15) is 42.3 Å². The number of amides is 11. The number of nitrogens with zero attached hydrogens (tertiary/aromatic N) is 1. The van der Waals surface area contributed by atoms with E-state index >= 15 is 0 Å². The van der Waals surface area contributed by atoms with Gasteiger partial charge in [-0.2, -0.15) is 0 Å². The lowest BCUT2D eigenvalue weighted by Gasteiger charge is -2.32. The van der Waals surface area contributed by atoms with Crippen molar-refractivity contribution in [1.82, 2.24) is 42.1 Å². The highest BCUT2D eigenvalue weighted by Gasteiger charge is 2.42. The van der Waals surface area contributed by atoms with Crippen LogP contribution < -0.4 is 54.4 Å². The summed E-state index contributed by atoms with van der Waals surface area (Å²) in [5.74, 6) is -10.0. The summed E-state index contributed by atoms with van der Waals surface area (Å²) in [7, 11) is 2.34. The lowest BCUT2D eigenvalue weighted by molar-refractivity contribution is -0.142. The van der Waals surface area contributed by atoms with Crippen LogP contribution in [-0.2, 0) is 52.7 Å². The van der Waals surface area contributed by atoms with Gasteiger partial charge in [0.15, 0.2) is 0 Å². The first kappa shape index (κ1) is 57.0. The van der Waals surface area contributed by atoms with Crippen molar-refractivity contribution in [2.24, 2.45) is 35.0 Å². The quantitative estimate of drug-likeness (QED) is 0.0731. The molecule has 2 saturated heterocycles. The van der Waals surface area contributed by atoms with Crippen molar-refractivity contribution in [3.8, 4) is 0 Å². The van der Waals surface area contributed by atoms with Gasteiger partial charge in [-0.15, -0.1) is 0 Å². The number of hydrogen-bond donors (Lipinski definition) is 10. The van der Waals surface area contributed by atoms with Crippen LogP contribution in [0.1, 0.15) is 113 Å². The maximum absolute atomic E-state index is 14.6. The Morgan fingerprint density at radius 1 is 0.758 bits per heavy atom. The van der Waals surface area contributed by atoms with Crippen molar-refractivity contribution in [3.63, 3.8) is 0 Å². The standard InChI is InChI=1S/C42H71N11O11S2/c1-9-21(4)32(38(61)46-19-30(45)56)51-37(60)27-13-12-16-53(27)41(64)26-20-65-66-42(7,8)18-31(57)50-33(22(5)10-2)40(63)52-34(23(6)11-3)39(62)47-24(14-15-28(43)54)35(58)48-25(17-29(44)55)36(59)49-26/h21-27,32-34H,9-20H2,1-8H3,(H2,43,54)(H2,44,55)(H2,45,56)(H,46,61)(H,47,62)(H,48,58)(H,49,59)(H,50,57)(H,51,60)(H,52,63)/t21-,22?,23?,24?,25?,26?,27-,32-,33?,34?/m0/s1. The molecule has 0 spiro atoms. The van der Waals surface area contributed by atoms with Gasteiger partial charge in [-0.3, -0.25) is 52.7 Å². The molecule has 22 nitrogen and oxygen atoms in total. The van der Waals surface area contributed by atoms with Gasteiger partial charge < -0.3 is 59.3 Å². The predicted octanol–water partition coefficient (Wildman–Crippen LogP) is -1.67. The van der Waals surface area contributed by atoms with Crippen molar-refractivity contribution < 1.29 is 52.7 Å². The van der Waals surface area contributed by atoms with Gasteiger partial charge in [0.2, 0.25) is 65.0 Å². The number of carbonyl (C=O) groups excluding carboxylic acids is 11. The highest BCUT2D eigenvalue weighted by Crippen LogP contribution is 2.39. The van der Waals surface area contributed by atoms with E-state index in [9.17, 15) is 52.7 Å². The number of likely N-dealkylation sites (tertiary alicyclic amines) is 1. The lowest BCUT2D eigenvalue weighted by atomic mass is 9.94. The zero-order valence-electron chi connectivity index (χ0n) is 39.2. The molecule has 0 aromatic rings. The number of nitrogens with one attached hydrogen (secondary N) is 7. The fourth-order valence-electron chi connectivity index (χ4n) is 7.23. The first-order valence-corrected chi connectivity index (χ1v) is 24.7. The minimum Gasteiger partial charge on any atom is -0.370 e. The molecule has 0 bridgehead atoms. The molecule has 10 atom stereocenters. The SMILES string of the molecule is CCC(C)C1NC(=O)CC(C)(C)SSCC(C(=O)N2CCC[C@H]2C(=O)N[C@H](C(=O)NCC(N)=O)[C@@H](C)CC)NC(=O)C(CC(N)=O)NC(=O)C(CCC(N)=O)NC(=O)C(C(C)CC)NC1=O. The van der Waals surface area contributed by atoms with E-state index in [1.54, 1.807) is 41.5 Å². The summed E-state index contributed by atoms with van der Waals surface area (Å²) in [6.07, 6.45) is 0.333. The molecule has 66 heavy (non-hydrogen) atoms. The second-order valence-electron chi connectivity index (χ2n) is 17.7. The Bertz CT molecular complexity index is 1800. The minimum atomic E-state index is -1.71. The average Bonchev–Trinajstić information content (AvgIpc) is 3.74. The normalized spacial score (nSPS) is 25.5. The minimum absolute atomic E-state index is 0.0832. The van der Waals surface area contributed by atoms with Gasteiger partial charge in [0.05, 0.1) is 13.0 Å². The summed E-state index contributed by atoms with van der Waals surface area (Å²) < 4.78 is -0.832. The molecule has 0 aromatic carbocycles. The number of primary amides is 3. The van der Waals surface area contributed by atoms with Crippen molar-refractivity contribution in [1.29, 1.82) is 0 Å². The van der Waals surface area contributed by atoms with E-state index in [1.165, 1.54) is 15.7 Å². The Labute approximate surface area is 394 Å². The molecule has 11 amide bonds. The molecule has 13 N–H and O–H groups in total. The van der Waals surface area contributed by atoms with Crippen LogP contribution in [-0.4, -0.2) is 136 Å². The van der Waals surface area contributed by atoms with Gasteiger partial charge in [-0.1, -0.05) is 82.4 Å². The average molecular weight is 970 g/mol. The molecule has 0 radical (unpaired) electrons. The molecule has 2 aliphatic heterocycles. The van der Waals surface area contributed by atoms with E-state index in [1.807, 2.05) is 13.8 Å². The van der Waals surface area contributed by atoms with Crippen molar-refractivity contribution >= 4 is 86.6 Å². The fourth-order valence-corrected chi connectivity index (χ4v) is 9.92. The second-order valence-corrected chi connectivity index (χ2v) is 20.8. The molecule has 372 valence electrons. The van der Waals surface area contributed by atoms with E-state index in [4.69, 9.17) is 17.2 Å². The molecular weight excluding hydrogens is 899 g/mol. The van der Waals surface area contributed by atoms with Crippen LogP contribution in [0.25, 0.3) is 0 Å². The fraction of sp³-hybridized carbons (Fsp3) is 0.738. The van der Waals surface area contributed by atoms with E-state index in [0.29, 0.717) is 25.7 Å². The van der Waals surface area contributed by atoms with Crippen molar-refractivity contribution in [3.05, 3.63) is 0 Å². The molecule has 2 aliphatic rings.